The van der Waals surface area contributed by atoms with Crippen molar-refractivity contribution in [2.75, 3.05) is 18.2 Å². The average molecular weight is 504 g/mol. The molecule has 33 heavy (non-hydrogen) atoms. The molecule has 7 nitrogen and oxygen atoms in total. The van der Waals surface area contributed by atoms with Crippen LogP contribution in [0.15, 0.2) is 53.1 Å². The first kappa shape index (κ1) is 24.6. The van der Waals surface area contributed by atoms with Gasteiger partial charge in [-0.3, -0.25) is 14.4 Å². The SMILES string of the molecule is COC(=O)[C@H]1C(=O)NC(SCC(=O)Nc2ccc(C)c(Cl)c2)=C(C#N)[C@@H]1c1ccc(Cl)cc1. The Balaban J connectivity index is 1.87. The predicted octanol–water partition coefficient (Wildman–Crippen LogP) is 4.41. The molecule has 0 saturated heterocycles. The minimum absolute atomic E-state index is 0.0808. The van der Waals surface area contributed by atoms with Gasteiger partial charge < -0.3 is 15.4 Å². The highest BCUT2D eigenvalue weighted by Gasteiger charge is 2.44. The van der Waals surface area contributed by atoms with E-state index in [1.807, 2.05) is 6.92 Å². The van der Waals surface area contributed by atoms with Gasteiger partial charge in [-0.25, -0.2) is 0 Å². The number of carbonyl (C=O) groups is 3. The first-order valence-corrected chi connectivity index (χ1v) is 11.5. The fourth-order valence-electron chi connectivity index (χ4n) is 3.36. The number of benzene rings is 2. The van der Waals surface area contributed by atoms with E-state index in [4.69, 9.17) is 27.9 Å². The molecule has 3 rings (SSSR count). The number of esters is 1. The number of rotatable bonds is 6. The van der Waals surface area contributed by atoms with Crippen molar-refractivity contribution in [3.63, 3.8) is 0 Å². The van der Waals surface area contributed by atoms with Gasteiger partial charge in [-0.1, -0.05) is 53.2 Å². The molecule has 0 saturated carbocycles. The van der Waals surface area contributed by atoms with E-state index in [0.717, 1.165) is 17.3 Å². The molecule has 0 fully saturated rings. The van der Waals surface area contributed by atoms with Gasteiger partial charge in [-0.2, -0.15) is 5.26 Å². The van der Waals surface area contributed by atoms with E-state index >= 15 is 0 Å². The molecule has 0 bridgehead atoms. The summed E-state index contributed by atoms with van der Waals surface area (Å²) >= 11 is 13.1. The van der Waals surface area contributed by atoms with Crippen LogP contribution in [-0.2, 0) is 19.1 Å². The number of nitrogens with zero attached hydrogens (tertiary/aromatic N) is 1. The first-order valence-electron chi connectivity index (χ1n) is 9.72. The highest BCUT2D eigenvalue weighted by atomic mass is 35.5. The Hall–Kier alpha value is -2.99. The van der Waals surface area contributed by atoms with Gasteiger partial charge in [0.1, 0.15) is 5.92 Å². The number of nitriles is 1. The maximum atomic E-state index is 12.8. The van der Waals surface area contributed by atoms with Gasteiger partial charge in [0.25, 0.3) is 0 Å². The van der Waals surface area contributed by atoms with Crippen LogP contribution in [0, 0.1) is 24.2 Å². The number of thioether (sulfide) groups is 1. The van der Waals surface area contributed by atoms with E-state index in [-0.39, 0.29) is 22.3 Å². The molecule has 2 aromatic carbocycles. The number of ether oxygens (including phenoxy) is 1. The second kappa shape index (κ2) is 10.8. The summed E-state index contributed by atoms with van der Waals surface area (Å²) in [6, 6.07) is 13.8. The largest absolute Gasteiger partial charge is 0.468 e. The van der Waals surface area contributed by atoms with Gasteiger partial charge in [0.15, 0.2) is 0 Å². The zero-order valence-corrected chi connectivity index (χ0v) is 20.0. The number of allylic oxidation sites excluding steroid dienone is 1. The van der Waals surface area contributed by atoms with Gasteiger partial charge in [0.2, 0.25) is 11.8 Å². The predicted molar refractivity (Wildman–Crippen MR) is 128 cm³/mol. The molecule has 0 unspecified atom stereocenters. The molecule has 1 aliphatic heterocycles. The van der Waals surface area contributed by atoms with Crippen LogP contribution in [-0.4, -0.2) is 30.6 Å². The second-order valence-electron chi connectivity index (χ2n) is 7.17. The van der Waals surface area contributed by atoms with E-state index in [0.29, 0.717) is 21.3 Å². The summed E-state index contributed by atoms with van der Waals surface area (Å²) in [4.78, 5) is 37.7. The summed E-state index contributed by atoms with van der Waals surface area (Å²) in [7, 11) is 1.18. The monoisotopic (exact) mass is 503 g/mol. The fraction of sp³-hybridized carbons (Fsp3) is 0.217. The number of methoxy groups -OCH3 is 1. The quantitative estimate of drug-likeness (QED) is 0.446. The summed E-state index contributed by atoms with van der Waals surface area (Å²) in [6.07, 6.45) is 0. The van der Waals surface area contributed by atoms with E-state index in [1.165, 1.54) is 7.11 Å². The third-order valence-corrected chi connectivity index (χ3v) is 6.69. The van der Waals surface area contributed by atoms with Crippen molar-refractivity contribution in [1.29, 1.82) is 5.26 Å². The van der Waals surface area contributed by atoms with Crippen molar-refractivity contribution >= 4 is 58.4 Å². The lowest BCUT2D eigenvalue weighted by Gasteiger charge is -2.30. The van der Waals surface area contributed by atoms with Gasteiger partial charge in [0.05, 0.1) is 29.5 Å². The Morgan fingerprint density at radius 2 is 1.91 bits per heavy atom. The molecule has 0 spiro atoms. The molecule has 2 amide bonds. The van der Waals surface area contributed by atoms with E-state index in [2.05, 4.69) is 16.7 Å². The van der Waals surface area contributed by atoms with Crippen molar-refractivity contribution in [3.8, 4) is 6.07 Å². The molecule has 1 heterocycles. The number of nitrogens with one attached hydrogen (secondary N) is 2. The lowest BCUT2D eigenvalue weighted by molar-refractivity contribution is -0.150. The summed E-state index contributed by atoms with van der Waals surface area (Å²) < 4.78 is 4.81. The molecule has 2 atom stereocenters. The fourth-order valence-corrected chi connectivity index (χ4v) is 4.51. The molecule has 170 valence electrons. The Morgan fingerprint density at radius 1 is 1.21 bits per heavy atom. The number of aryl methyl sites for hydroxylation is 1. The molecule has 0 aromatic heterocycles. The molecule has 1 aliphatic rings. The zero-order chi connectivity index (χ0) is 24.1. The molecule has 0 aliphatic carbocycles. The van der Waals surface area contributed by atoms with Crippen LogP contribution in [0.25, 0.3) is 0 Å². The lowest BCUT2D eigenvalue weighted by atomic mass is 9.78. The normalized spacial score (nSPS) is 17.7. The smallest absolute Gasteiger partial charge is 0.319 e. The third kappa shape index (κ3) is 5.69. The number of carbonyl (C=O) groups excluding carboxylic acids is 3. The van der Waals surface area contributed by atoms with Crippen LogP contribution < -0.4 is 10.6 Å². The molecule has 10 heteroatoms. The molecule has 2 aromatic rings. The summed E-state index contributed by atoms with van der Waals surface area (Å²) in [6.45, 7) is 1.85. The molecule has 2 N–H and O–H groups in total. The summed E-state index contributed by atoms with van der Waals surface area (Å²) in [5.74, 6) is -3.94. The number of amides is 2. The van der Waals surface area contributed by atoms with Crippen molar-refractivity contribution < 1.29 is 19.1 Å². The Kier molecular flexibility index (Phi) is 8.03. The number of hydrogen-bond acceptors (Lipinski definition) is 6. The second-order valence-corrected chi connectivity index (χ2v) is 9.00. The van der Waals surface area contributed by atoms with Gasteiger partial charge in [-0.15, -0.1) is 0 Å². The minimum atomic E-state index is -1.25. The lowest BCUT2D eigenvalue weighted by Crippen LogP contribution is -2.44. The van der Waals surface area contributed by atoms with Crippen molar-refractivity contribution in [2.45, 2.75) is 12.8 Å². The van der Waals surface area contributed by atoms with E-state index in [1.54, 1.807) is 42.5 Å². The van der Waals surface area contributed by atoms with Gasteiger partial charge in [-0.05, 0) is 42.3 Å². The Labute approximate surface area is 205 Å². The van der Waals surface area contributed by atoms with Crippen LogP contribution >= 0.6 is 35.0 Å². The van der Waals surface area contributed by atoms with Crippen molar-refractivity contribution in [3.05, 3.63) is 74.2 Å². The van der Waals surface area contributed by atoms with E-state index in [9.17, 15) is 19.6 Å². The standard InChI is InChI=1S/C23H19Cl2N3O4S/c1-12-3-8-15(9-17(12)25)27-18(29)11-33-22-16(10-26)19(13-4-6-14(24)7-5-13)20(21(30)28-22)23(31)32-2/h3-9,19-20H,11H2,1-2H3,(H,27,29)(H,28,30)/t19-,20+/m0/s1. The van der Waals surface area contributed by atoms with Crippen LogP contribution in [0.2, 0.25) is 10.0 Å². The van der Waals surface area contributed by atoms with Crippen molar-refractivity contribution in [1.82, 2.24) is 5.32 Å². The van der Waals surface area contributed by atoms with Crippen LogP contribution in [0.3, 0.4) is 0 Å². The topological polar surface area (TPSA) is 108 Å². The highest BCUT2D eigenvalue weighted by Crippen LogP contribution is 2.40. The molecular weight excluding hydrogens is 485 g/mol. The highest BCUT2D eigenvalue weighted by molar-refractivity contribution is 8.03. The zero-order valence-electron chi connectivity index (χ0n) is 17.6. The van der Waals surface area contributed by atoms with E-state index < -0.39 is 23.7 Å². The Bertz CT molecular complexity index is 1180. The van der Waals surface area contributed by atoms with Gasteiger partial charge in [0, 0.05) is 21.7 Å². The van der Waals surface area contributed by atoms with Gasteiger partial charge >= 0.3 is 5.97 Å². The maximum Gasteiger partial charge on any atom is 0.319 e. The number of halogens is 2. The first-order chi connectivity index (χ1) is 15.7. The minimum Gasteiger partial charge on any atom is -0.468 e. The number of hydrogen-bond donors (Lipinski definition) is 2. The Morgan fingerprint density at radius 3 is 2.52 bits per heavy atom. The van der Waals surface area contributed by atoms with Crippen LogP contribution in [0.5, 0.6) is 0 Å². The van der Waals surface area contributed by atoms with Crippen molar-refractivity contribution in [2.24, 2.45) is 5.92 Å². The summed E-state index contributed by atoms with van der Waals surface area (Å²) in [5.41, 5.74) is 2.12. The number of anilines is 1. The summed E-state index contributed by atoms with van der Waals surface area (Å²) in [5, 5.41) is 16.4. The van der Waals surface area contributed by atoms with Crippen LogP contribution in [0.4, 0.5) is 5.69 Å². The average Bonchev–Trinajstić information content (AvgIpc) is 2.79. The van der Waals surface area contributed by atoms with Crippen LogP contribution in [0.1, 0.15) is 17.0 Å². The molecular formula is C23H19Cl2N3O4S. The molecule has 0 radical (unpaired) electrons. The maximum absolute atomic E-state index is 12.8. The third-order valence-electron chi connectivity index (χ3n) is 5.02.